The van der Waals surface area contributed by atoms with E-state index in [0.29, 0.717) is 24.4 Å². The quantitative estimate of drug-likeness (QED) is 0.340. The second-order valence-electron chi connectivity index (χ2n) is 12.7. The molecule has 212 valence electrons. The Labute approximate surface area is 235 Å². The Morgan fingerprint density at radius 1 is 0.974 bits per heavy atom. The average molecular weight is 533 g/mol. The van der Waals surface area contributed by atoms with Crippen molar-refractivity contribution in [3.8, 4) is 0 Å². The molecule has 3 fully saturated rings. The molecule has 0 radical (unpaired) electrons. The Kier molecular flexibility index (Phi) is 9.75. The summed E-state index contributed by atoms with van der Waals surface area (Å²) >= 11 is 0. The zero-order chi connectivity index (χ0) is 27.1. The molecule has 1 saturated carbocycles. The highest BCUT2D eigenvalue weighted by Crippen LogP contribution is 2.40. The second-order valence-corrected chi connectivity index (χ2v) is 12.7. The minimum absolute atomic E-state index is 0.0677. The van der Waals surface area contributed by atoms with Gasteiger partial charge in [-0.25, -0.2) is 0 Å². The summed E-state index contributed by atoms with van der Waals surface area (Å²) in [5.41, 5.74) is 2.81. The SMILES string of the molecule is O=C(O)[C@@H](CC1CCC1)N1CC(CCN2CCC(CO)(CCCc3ccccc3)CC2)[C@@H](c2ccccc2)C1. The van der Waals surface area contributed by atoms with E-state index >= 15 is 0 Å². The molecule has 2 saturated heterocycles. The molecule has 5 rings (SSSR count). The van der Waals surface area contributed by atoms with E-state index in [-0.39, 0.29) is 11.5 Å². The van der Waals surface area contributed by atoms with E-state index in [0.717, 1.165) is 77.7 Å². The minimum Gasteiger partial charge on any atom is -0.480 e. The van der Waals surface area contributed by atoms with Gasteiger partial charge in [-0.1, -0.05) is 79.9 Å². The van der Waals surface area contributed by atoms with Gasteiger partial charge in [0.15, 0.2) is 0 Å². The van der Waals surface area contributed by atoms with Crippen LogP contribution in [0.2, 0.25) is 0 Å². The van der Waals surface area contributed by atoms with Crippen LogP contribution in [0.5, 0.6) is 0 Å². The van der Waals surface area contributed by atoms with Gasteiger partial charge in [-0.05, 0) is 93.0 Å². The van der Waals surface area contributed by atoms with E-state index in [2.05, 4.69) is 70.5 Å². The van der Waals surface area contributed by atoms with Crippen LogP contribution >= 0.6 is 0 Å². The van der Waals surface area contributed by atoms with Gasteiger partial charge in [-0.3, -0.25) is 9.69 Å². The number of hydrogen-bond acceptors (Lipinski definition) is 4. The molecule has 39 heavy (non-hydrogen) atoms. The van der Waals surface area contributed by atoms with E-state index in [4.69, 9.17) is 0 Å². The predicted molar refractivity (Wildman–Crippen MR) is 157 cm³/mol. The molecule has 5 heteroatoms. The van der Waals surface area contributed by atoms with Crippen molar-refractivity contribution in [1.29, 1.82) is 0 Å². The Hall–Kier alpha value is -2.21. The number of benzene rings is 2. The number of nitrogens with zero attached hydrogens (tertiary/aromatic N) is 2. The van der Waals surface area contributed by atoms with Gasteiger partial charge in [0.05, 0.1) is 0 Å². The van der Waals surface area contributed by atoms with Gasteiger partial charge in [0.2, 0.25) is 0 Å². The Morgan fingerprint density at radius 2 is 1.67 bits per heavy atom. The number of aliphatic hydroxyl groups is 1. The number of carbonyl (C=O) groups is 1. The highest BCUT2D eigenvalue weighted by atomic mass is 16.4. The highest BCUT2D eigenvalue weighted by molar-refractivity contribution is 5.73. The summed E-state index contributed by atoms with van der Waals surface area (Å²) in [5, 5.41) is 20.4. The summed E-state index contributed by atoms with van der Waals surface area (Å²) < 4.78 is 0. The third-order valence-corrected chi connectivity index (χ3v) is 10.3. The molecule has 2 aromatic carbocycles. The zero-order valence-electron chi connectivity index (χ0n) is 23.6. The number of piperidine rings is 1. The Morgan fingerprint density at radius 3 is 2.28 bits per heavy atom. The van der Waals surface area contributed by atoms with Gasteiger partial charge in [0.25, 0.3) is 0 Å². The number of carboxylic acids is 1. The molecule has 0 amide bonds. The summed E-state index contributed by atoms with van der Waals surface area (Å²) in [6, 6.07) is 21.1. The van der Waals surface area contributed by atoms with E-state index in [1.54, 1.807) is 0 Å². The van der Waals surface area contributed by atoms with Gasteiger partial charge in [-0.15, -0.1) is 0 Å². The summed E-state index contributed by atoms with van der Waals surface area (Å²) in [5.74, 6) is 0.825. The Balaban J connectivity index is 1.15. The van der Waals surface area contributed by atoms with E-state index in [9.17, 15) is 15.0 Å². The lowest BCUT2D eigenvalue weighted by Gasteiger charge is -2.41. The van der Waals surface area contributed by atoms with Crippen LogP contribution in [-0.4, -0.2) is 71.4 Å². The molecule has 1 aliphatic carbocycles. The lowest BCUT2D eigenvalue weighted by atomic mass is 9.75. The van der Waals surface area contributed by atoms with Crippen LogP contribution in [0.4, 0.5) is 0 Å². The van der Waals surface area contributed by atoms with Crippen LogP contribution in [0, 0.1) is 17.3 Å². The fourth-order valence-corrected chi connectivity index (χ4v) is 7.38. The molecular weight excluding hydrogens is 484 g/mol. The summed E-state index contributed by atoms with van der Waals surface area (Å²) in [6.07, 6.45) is 11.0. The smallest absolute Gasteiger partial charge is 0.320 e. The molecule has 3 atom stereocenters. The lowest BCUT2D eigenvalue weighted by molar-refractivity contribution is -0.144. The van der Waals surface area contributed by atoms with Crippen molar-refractivity contribution in [3.63, 3.8) is 0 Å². The average Bonchev–Trinajstić information content (AvgIpc) is 3.36. The number of carboxylic acid groups (broad SMARTS) is 1. The fourth-order valence-electron chi connectivity index (χ4n) is 7.38. The molecule has 0 aromatic heterocycles. The van der Waals surface area contributed by atoms with Gasteiger partial charge >= 0.3 is 5.97 Å². The van der Waals surface area contributed by atoms with Crippen molar-refractivity contribution in [1.82, 2.24) is 9.80 Å². The molecular formula is C34H48N2O3. The maximum Gasteiger partial charge on any atom is 0.320 e. The standard InChI is InChI=1S/C34H48N2O3/c37-26-34(17-8-13-27-9-3-1-4-10-27)18-21-35(22-19-34)20-16-30-24-36(25-31(30)29-14-5-2-6-15-29)32(33(38)39)23-28-11-7-12-28/h1-6,9-10,14-15,28,30-32,37H,7-8,11-13,16-26H2,(H,38,39)/t30?,31-,32-/m1/s1. The van der Waals surface area contributed by atoms with Crippen LogP contribution in [0.15, 0.2) is 60.7 Å². The fraction of sp³-hybridized carbons (Fsp3) is 0.618. The number of aliphatic carboxylic acids is 1. The summed E-state index contributed by atoms with van der Waals surface area (Å²) in [7, 11) is 0. The summed E-state index contributed by atoms with van der Waals surface area (Å²) in [6.45, 7) is 5.20. The first-order valence-corrected chi connectivity index (χ1v) is 15.4. The topological polar surface area (TPSA) is 64.0 Å². The third-order valence-electron chi connectivity index (χ3n) is 10.3. The molecule has 2 heterocycles. The van der Waals surface area contributed by atoms with Gasteiger partial charge in [0, 0.05) is 25.6 Å². The number of hydrogen-bond donors (Lipinski definition) is 2. The predicted octanol–water partition coefficient (Wildman–Crippen LogP) is 5.83. The van der Waals surface area contributed by atoms with Crippen molar-refractivity contribution in [2.45, 2.75) is 76.2 Å². The van der Waals surface area contributed by atoms with Crippen LogP contribution in [0.3, 0.4) is 0 Å². The van der Waals surface area contributed by atoms with Gasteiger partial charge in [-0.2, -0.15) is 0 Å². The molecule has 5 nitrogen and oxygen atoms in total. The van der Waals surface area contributed by atoms with Gasteiger partial charge < -0.3 is 15.1 Å². The monoisotopic (exact) mass is 532 g/mol. The molecule has 2 N–H and O–H groups in total. The van der Waals surface area contributed by atoms with Crippen molar-refractivity contribution >= 4 is 5.97 Å². The van der Waals surface area contributed by atoms with E-state index in [1.165, 1.54) is 30.4 Å². The van der Waals surface area contributed by atoms with Crippen molar-refractivity contribution in [3.05, 3.63) is 71.8 Å². The number of aryl methyl sites for hydroxylation is 1. The van der Waals surface area contributed by atoms with Crippen molar-refractivity contribution < 1.29 is 15.0 Å². The Bertz CT molecular complexity index is 1020. The molecule has 0 spiro atoms. The third kappa shape index (κ3) is 7.31. The lowest BCUT2D eigenvalue weighted by Crippen LogP contribution is -2.43. The van der Waals surface area contributed by atoms with E-state index in [1.807, 2.05) is 0 Å². The van der Waals surface area contributed by atoms with E-state index < -0.39 is 5.97 Å². The van der Waals surface area contributed by atoms with Crippen LogP contribution in [-0.2, 0) is 11.2 Å². The maximum absolute atomic E-state index is 12.3. The zero-order valence-corrected chi connectivity index (χ0v) is 23.6. The highest BCUT2D eigenvalue weighted by Gasteiger charge is 2.41. The number of aliphatic hydroxyl groups excluding tert-OH is 1. The number of likely N-dealkylation sites (tertiary alicyclic amines) is 2. The number of rotatable bonds is 13. The van der Waals surface area contributed by atoms with Crippen LogP contribution in [0.1, 0.15) is 74.8 Å². The van der Waals surface area contributed by atoms with Gasteiger partial charge in [0.1, 0.15) is 6.04 Å². The molecule has 0 bridgehead atoms. The summed E-state index contributed by atoms with van der Waals surface area (Å²) in [4.78, 5) is 17.2. The first-order chi connectivity index (χ1) is 19.0. The maximum atomic E-state index is 12.3. The van der Waals surface area contributed by atoms with Crippen molar-refractivity contribution in [2.75, 3.05) is 39.3 Å². The molecule has 2 aliphatic heterocycles. The molecule has 3 aliphatic rings. The minimum atomic E-state index is -0.641. The first-order valence-electron chi connectivity index (χ1n) is 15.4. The normalized spacial score (nSPS) is 24.8. The van der Waals surface area contributed by atoms with Crippen LogP contribution < -0.4 is 0 Å². The second kappa shape index (κ2) is 13.4. The van der Waals surface area contributed by atoms with Crippen molar-refractivity contribution in [2.24, 2.45) is 17.3 Å². The molecule has 2 aromatic rings. The first kappa shape index (κ1) is 28.3. The molecule has 1 unspecified atom stereocenters. The largest absolute Gasteiger partial charge is 0.480 e. The van der Waals surface area contributed by atoms with Crippen LogP contribution in [0.25, 0.3) is 0 Å².